The molecule has 1 aromatic heterocycles. The van der Waals surface area contributed by atoms with E-state index in [1.807, 2.05) is 6.20 Å². The fourth-order valence-electron chi connectivity index (χ4n) is 6.45. The summed E-state index contributed by atoms with van der Waals surface area (Å²) in [5.74, 6) is -2.16. The van der Waals surface area contributed by atoms with Crippen LogP contribution in [-0.4, -0.2) is 91.3 Å². The molecule has 0 saturated carbocycles. The largest absolute Gasteiger partial charge is 0.494 e. The van der Waals surface area contributed by atoms with Crippen molar-refractivity contribution >= 4 is 46.9 Å². The first-order valence-electron chi connectivity index (χ1n) is 18.4. The number of amides is 7. The Labute approximate surface area is 322 Å². The average molecular weight is 766 g/mol. The lowest BCUT2D eigenvalue weighted by molar-refractivity contribution is -0.136. The maximum atomic E-state index is 13.3. The van der Waals surface area contributed by atoms with E-state index in [-0.39, 0.29) is 30.0 Å². The molecule has 17 heteroatoms. The maximum absolute atomic E-state index is 13.3. The fourth-order valence-corrected chi connectivity index (χ4v) is 6.45. The first-order chi connectivity index (χ1) is 27.1. The molecule has 3 heterocycles. The number of carbonyl (C=O) groups excluding carboxylic acids is 6. The molecule has 2 aliphatic heterocycles. The van der Waals surface area contributed by atoms with Gasteiger partial charge in [-0.1, -0.05) is 36.8 Å². The number of nitrogens with one attached hydrogen (secondary N) is 4. The van der Waals surface area contributed by atoms with E-state index in [2.05, 4.69) is 33.2 Å². The Morgan fingerprint density at radius 1 is 1.00 bits per heavy atom. The number of anilines is 2. The fraction of sp³-hybridized carbons (Fsp3) is 0.333. The lowest BCUT2D eigenvalue weighted by Gasteiger charge is -2.27. The van der Waals surface area contributed by atoms with Crippen LogP contribution in [-0.2, 0) is 29.1 Å². The van der Waals surface area contributed by atoms with Gasteiger partial charge in [-0.3, -0.25) is 44.1 Å². The molecule has 292 valence electrons. The third kappa shape index (κ3) is 9.35. The van der Waals surface area contributed by atoms with Gasteiger partial charge in [0.05, 0.1) is 23.4 Å². The summed E-state index contributed by atoms with van der Waals surface area (Å²) in [5, 5.41) is 25.6. The van der Waals surface area contributed by atoms with Gasteiger partial charge in [0.1, 0.15) is 11.8 Å². The number of rotatable bonds is 17. The Morgan fingerprint density at radius 3 is 2.52 bits per heavy atom. The van der Waals surface area contributed by atoms with E-state index >= 15 is 0 Å². The topological polar surface area (TPSA) is 217 Å². The van der Waals surface area contributed by atoms with Crippen molar-refractivity contribution in [2.75, 3.05) is 30.3 Å². The summed E-state index contributed by atoms with van der Waals surface area (Å²) in [4.78, 5) is 77.9. The van der Waals surface area contributed by atoms with Gasteiger partial charge in [0.15, 0.2) is 0 Å². The number of piperidine rings is 1. The number of nitrogens with zero attached hydrogens (tertiary/aromatic N) is 5. The van der Waals surface area contributed by atoms with E-state index in [9.17, 15) is 28.8 Å². The summed E-state index contributed by atoms with van der Waals surface area (Å²) in [6, 6.07) is 17.5. The van der Waals surface area contributed by atoms with E-state index in [0.717, 1.165) is 29.0 Å². The molecule has 0 bridgehead atoms. The minimum absolute atomic E-state index is 0.0519. The molecule has 7 amide bonds. The lowest BCUT2D eigenvalue weighted by Crippen LogP contribution is -2.54. The van der Waals surface area contributed by atoms with Gasteiger partial charge in [-0.2, -0.15) is 0 Å². The van der Waals surface area contributed by atoms with Crippen LogP contribution in [0.1, 0.15) is 81.4 Å². The normalized spacial score (nSPS) is 15.0. The molecule has 1 fully saturated rings. The quantitative estimate of drug-likeness (QED) is 0.0451. The van der Waals surface area contributed by atoms with Gasteiger partial charge in [-0.15, -0.1) is 5.10 Å². The van der Waals surface area contributed by atoms with Crippen molar-refractivity contribution in [1.82, 2.24) is 35.6 Å². The van der Waals surface area contributed by atoms with Crippen LogP contribution < -0.4 is 26.2 Å². The Morgan fingerprint density at radius 2 is 1.79 bits per heavy atom. The van der Waals surface area contributed by atoms with Crippen LogP contribution in [0.15, 0.2) is 72.9 Å². The molecule has 0 spiro atoms. The monoisotopic (exact) mass is 765 g/mol. The van der Waals surface area contributed by atoms with Gasteiger partial charge in [-0.25, -0.2) is 10.3 Å². The number of imide groups is 2. The lowest BCUT2D eigenvalue weighted by atomic mass is 10.0. The Hall–Kier alpha value is -6.62. The van der Waals surface area contributed by atoms with E-state index in [4.69, 9.17) is 9.94 Å². The molecule has 1 atom stereocenters. The molecule has 3 aromatic carbocycles. The van der Waals surface area contributed by atoms with Gasteiger partial charge in [0.25, 0.3) is 17.7 Å². The standard InChI is InChI=1S/C39H43N9O8/c1-2-3-20-46(23-25-8-10-26(11-9-25)35(50)44-55)39(54)41-27-12-14-29(15-13-27)56-22-5-21-47-24-28(43-45-47)18-19-40-31-7-4-6-30-34(31)38(53)48(37(30)52)32-16-17-33(49)42-36(32)51/h4,6-15,24,32,40,55H,2-3,5,16-23H2,1H3,(H,41,54)(H,44,50)(H,42,49,51). The van der Waals surface area contributed by atoms with E-state index in [0.29, 0.717) is 68.3 Å². The summed E-state index contributed by atoms with van der Waals surface area (Å²) >= 11 is 0. The Bertz CT molecular complexity index is 2080. The average Bonchev–Trinajstić information content (AvgIpc) is 3.76. The predicted molar refractivity (Wildman–Crippen MR) is 202 cm³/mol. The maximum Gasteiger partial charge on any atom is 0.322 e. The molecule has 1 unspecified atom stereocenters. The molecule has 1 saturated heterocycles. The number of carbonyl (C=O) groups is 6. The van der Waals surface area contributed by atoms with Crippen LogP contribution >= 0.6 is 0 Å². The number of hydroxylamine groups is 1. The highest BCUT2D eigenvalue weighted by atomic mass is 16.5. The van der Waals surface area contributed by atoms with Crippen molar-refractivity contribution in [2.45, 2.75) is 64.6 Å². The molecular formula is C39H43N9O8. The first-order valence-corrected chi connectivity index (χ1v) is 18.4. The van der Waals surface area contributed by atoms with Crippen LogP contribution in [0.5, 0.6) is 5.75 Å². The number of unbranched alkanes of at least 4 members (excludes halogenated alkanes) is 1. The van der Waals surface area contributed by atoms with E-state index < -0.39 is 35.6 Å². The van der Waals surface area contributed by atoms with Crippen molar-refractivity contribution in [3.63, 3.8) is 0 Å². The summed E-state index contributed by atoms with van der Waals surface area (Å²) in [6.07, 6.45) is 4.88. The van der Waals surface area contributed by atoms with Crippen molar-refractivity contribution in [2.24, 2.45) is 0 Å². The minimum atomic E-state index is -1.03. The molecule has 6 rings (SSSR count). The summed E-state index contributed by atoms with van der Waals surface area (Å²) in [5.41, 5.74) is 5.00. The summed E-state index contributed by atoms with van der Waals surface area (Å²) in [7, 11) is 0. The smallest absolute Gasteiger partial charge is 0.322 e. The summed E-state index contributed by atoms with van der Waals surface area (Å²) < 4.78 is 7.63. The molecule has 0 radical (unpaired) electrons. The molecule has 17 nitrogen and oxygen atoms in total. The third-order valence-corrected chi connectivity index (χ3v) is 9.42. The number of benzene rings is 3. The first kappa shape index (κ1) is 39.1. The zero-order valence-electron chi connectivity index (χ0n) is 30.8. The molecule has 0 aliphatic carbocycles. The number of hydrogen-bond donors (Lipinski definition) is 5. The van der Waals surface area contributed by atoms with Crippen molar-refractivity contribution in [3.8, 4) is 5.75 Å². The second-order valence-corrected chi connectivity index (χ2v) is 13.4. The zero-order chi connectivity index (χ0) is 39.6. The highest BCUT2D eigenvalue weighted by Gasteiger charge is 2.45. The Kier molecular flexibility index (Phi) is 12.7. The number of fused-ring (bicyclic) bond motifs is 1. The number of aryl methyl sites for hydroxylation is 1. The Balaban J connectivity index is 0.926. The molecular weight excluding hydrogens is 722 g/mol. The van der Waals surface area contributed by atoms with Crippen LogP contribution in [0.2, 0.25) is 0 Å². The van der Waals surface area contributed by atoms with E-state index in [1.165, 1.54) is 0 Å². The number of ether oxygens (including phenoxy) is 1. The van der Waals surface area contributed by atoms with Crippen LogP contribution in [0.3, 0.4) is 0 Å². The molecule has 2 aliphatic rings. The van der Waals surface area contributed by atoms with Crippen LogP contribution in [0, 0.1) is 0 Å². The zero-order valence-corrected chi connectivity index (χ0v) is 30.8. The second-order valence-electron chi connectivity index (χ2n) is 13.4. The van der Waals surface area contributed by atoms with Crippen molar-refractivity contribution in [3.05, 3.63) is 101 Å². The predicted octanol–water partition coefficient (Wildman–Crippen LogP) is 3.76. The summed E-state index contributed by atoms with van der Waals surface area (Å²) in [6.45, 7) is 4.37. The van der Waals surface area contributed by atoms with Crippen LogP contribution in [0.25, 0.3) is 0 Å². The van der Waals surface area contributed by atoms with Gasteiger partial charge in [0, 0.05) is 68.6 Å². The van der Waals surface area contributed by atoms with Crippen molar-refractivity contribution in [1.29, 1.82) is 0 Å². The second kappa shape index (κ2) is 18.1. The van der Waals surface area contributed by atoms with Gasteiger partial charge < -0.3 is 20.3 Å². The van der Waals surface area contributed by atoms with Gasteiger partial charge >= 0.3 is 6.03 Å². The van der Waals surface area contributed by atoms with E-state index in [1.54, 1.807) is 81.8 Å². The number of urea groups is 1. The number of aromatic nitrogens is 3. The van der Waals surface area contributed by atoms with Crippen molar-refractivity contribution < 1.29 is 38.7 Å². The third-order valence-electron chi connectivity index (χ3n) is 9.42. The minimum Gasteiger partial charge on any atom is -0.494 e. The molecule has 56 heavy (non-hydrogen) atoms. The molecule has 5 N–H and O–H groups in total. The molecule has 4 aromatic rings. The van der Waals surface area contributed by atoms with Gasteiger partial charge in [-0.05, 0) is 66.9 Å². The van der Waals surface area contributed by atoms with Gasteiger partial charge in [0.2, 0.25) is 11.8 Å². The SMILES string of the molecule is CCCCN(Cc1ccc(C(=O)NO)cc1)C(=O)Nc1ccc(OCCCn2cc(CCNc3cccc4c3C(=O)N(C3CCC(=O)NC3=O)C4=O)nn2)cc1. The highest BCUT2D eigenvalue weighted by Crippen LogP contribution is 2.32. The van der Waals surface area contributed by atoms with Crippen LogP contribution in [0.4, 0.5) is 16.2 Å². The number of hydrogen-bond acceptors (Lipinski definition) is 11. The highest BCUT2D eigenvalue weighted by molar-refractivity contribution is 6.25.